The van der Waals surface area contributed by atoms with Crippen LogP contribution in [-0.2, 0) is 10.0 Å². The summed E-state index contributed by atoms with van der Waals surface area (Å²) < 4.78 is 33.5. The summed E-state index contributed by atoms with van der Waals surface area (Å²) in [7, 11) is -0.897. The maximum Gasteiger partial charge on any atom is 0.254 e. The molecule has 1 unspecified atom stereocenters. The second kappa shape index (κ2) is 8.33. The number of carbonyl (C=O) groups is 1. The SMILES string of the molecule is CCC(NS(=O)(=O)c1ccc(OC)c(C(=O)NC)c1)c1ccc(C)cc1. The molecule has 26 heavy (non-hydrogen) atoms. The summed E-state index contributed by atoms with van der Waals surface area (Å²) >= 11 is 0. The van der Waals surface area contributed by atoms with E-state index in [1.54, 1.807) is 0 Å². The molecule has 0 aliphatic rings. The zero-order chi connectivity index (χ0) is 19.3. The summed E-state index contributed by atoms with van der Waals surface area (Å²) in [6, 6.07) is 11.6. The van der Waals surface area contributed by atoms with E-state index in [1.165, 1.54) is 32.4 Å². The Kier molecular flexibility index (Phi) is 6.39. The van der Waals surface area contributed by atoms with Crippen molar-refractivity contribution in [2.75, 3.05) is 14.2 Å². The van der Waals surface area contributed by atoms with E-state index >= 15 is 0 Å². The van der Waals surface area contributed by atoms with Crippen LogP contribution in [0.4, 0.5) is 0 Å². The molecule has 0 aliphatic heterocycles. The number of amides is 1. The highest BCUT2D eigenvalue weighted by Crippen LogP contribution is 2.25. The zero-order valence-electron chi connectivity index (χ0n) is 15.4. The Morgan fingerprint density at radius 1 is 1.15 bits per heavy atom. The Balaban J connectivity index is 2.37. The van der Waals surface area contributed by atoms with Gasteiger partial charge in [0, 0.05) is 13.1 Å². The number of carbonyl (C=O) groups excluding carboxylic acids is 1. The van der Waals surface area contributed by atoms with Crippen molar-refractivity contribution in [1.82, 2.24) is 10.0 Å². The molecule has 0 heterocycles. The maximum absolute atomic E-state index is 12.8. The Bertz CT molecular complexity index is 877. The zero-order valence-corrected chi connectivity index (χ0v) is 16.2. The quantitative estimate of drug-likeness (QED) is 0.778. The van der Waals surface area contributed by atoms with E-state index in [4.69, 9.17) is 4.74 Å². The van der Waals surface area contributed by atoms with E-state index in [0.717, 1.165) is 11.1 Å². The fourth-order valence-electron chi connectivity index (χ4n) is 2.61. The molecule has 0 radical (unpaired) electrons. The molecule has 0 saturated heterocycles. The highest BCUT2D eigenvalue weighted by molar-refractivity contribution is 7.89. The minimum Gasteiger partial charge on any atom is -0.496 e. The molecule has 1 atom stereocenters. The lowest BCUT2D eigenvalue weighted by Crippen LogP contribution is -2.29. The number of hydrogen-bond donors (Lipinski definition) is 2. The van der Waals surface area contributed by atoms with Crippen LogP contribution < -0.4 is 14.8 Å². The molecule has 6 nitrogen and oxygen atoms in total. The summed E-state index contributed by atoms with van der Waals surface area (Å²) in [5.41, 5.74) is 2.17. The van der Waals surface area contributed by atoms with Gasteiger partial charge < -0.3 is 10.1 Å². The molecule has 140 valence electrons. The van der Waals surface area contributed by atoms with Gasteiger partial charge in [0.2, 0.25) is 10.0 Å². The number of nitrogens with one attached hydrogen (secondary N) is 2. The third-order valence-electron chi connectivity index (χ3n) is 4.14. The smallest absolute Gasteiger partial charge is 0.254 e. The van der Waals surface area contributed by atoms with Gasteiger partial charge in [-0.2, -0.15) is 0 Å². The average Bonchev–Trinajstić information content (AvgIpc) is 2.65. The minimum atomic E-state index is -3.80. The van der Waals surface area contributed by atoms with Gasteiger partial charge in [0.15, 0.2) is 0 Å². The Morgan fingerprint density at radius 2 is 1.81 bits per heavy atom. The van der Waals surface area contributed by atoms with Crippen molar-refractivity contribution in [1.29, 1.82) is 0 Å². The number of aryl methyl sites for hydroxylation is 1. The summed E-state index contributed by atoms with van der Waals surface area (Å²) in [6.45, 7) is 3.89. The molecule has 0 spiro atoms. The summed E-state index contributed by atoms with van der Waals surface area (Å²) in [6.07, 6.45) is 0.598. The second-order valence-corrected chi connectivity index (χ2v) is 7.65. The Labute approximate surface area is 154 Å². The van der Waals surface area contributed by atoms with E-state index in [2.05, 4.69) is 10.0 Å². The first-order valence-corrected chi connectivity index (χ1v) is 9.79. The van der Waals surface area contributed by atoms with Crippen LogP contribution >= 0.6 is 0 Å². The number of methoxy groups -OCH3 is 1. The molecule has 2 aromatic carbocycles. The number of ether oxygens (including phenoxy) is 1. The van der Waals surface area contributed by atoms with Crippen LogP contribution in [0.25, 0.3) is 0 Å². The van der Waals surface area contributed by atoms with Crippen molar-refractivity contribution in [2.45, 2.75) is 31.2 Å². The number of rotatable bonds is 7. The lowest BCUT2D eigenvalue weighted by molar-refractivity contribution is 0.0960. The molecule has 2 N–H and O–H groups in total. The lowest BCUT2D eigenvalue weighted by atomic mass is 10.0. The standard InChI is InChI=1S/C19H24N2O4S/c1-5-17(14-8-6-13(2)7-9-14)21-26(23,24)15-10-11-18(25-4)16(12-15)19(22)20-3/h6-12,17,21H,5H2,1-4H3,(H,20,22). The molecule has 0 saturated carbocycles. The Hall–Kier alpha value is -2.38. The van der Waals surface area contributed by atoms with Crippen LogP contribution in [0.15, 0.2) is 47.4 Å². The van der Waals surface area contributed by atoms with Gasteiger partial charge in [-0.05, 0) is 37.1 Å². The molecule has 0 aliphatic carbocycles. The summed E-state index contributed by atoms with van der Waals surface area (Å²) in [5.74, 6) is -0.0987. The molecule has 0 aromatic heterocycles. The lowest BCUT2D eigenvalue weighted by Gasteiger charge is -2.18. The van der Waals surface area contributed by atoms with Crippen LogP contribution in [0.2, 0.25) is 0 Å². The van der Waals surface area contributed by atoms with Gasteiger partial charge in [0.1, 0.15) is 5.75 Å². The van der Waals surface area contributed by atoms with E-state index in [9.17, 15) is 13.2 Å². The molecule has 7 heteroatoms. The number of hydrogen-bond acceptors (Lipinski definition) is 4. The van der Waals surface area contributed by atoms with Crippen molar-refractivity contribution in [3.8, 4) is 5.75 Å². The van der Waals surface area contributed by atoms with Crippen molar-refractivity contribution in [3.63, 3.8) is 0 Å². The summed E-state index contributed by atoms with van der Waals surface area (Å²) in [4.78, 5) is 12.0. The first-order chi connectivity index (χ1) is 12.3. The van der Waals surface area contributed by atoms with Gasteiger partial charge in [0.25, 0.3) is 5.91 Å². The minimum absolute atomic E-state index is 0.0162. The van der Waals surface area contributed by atoms with Crippen LogP contribution in [-0.4, -0.2) is 28.5 Å². The normalized spacial score (nSPS) is 12.5. The number of benzene rings is 2. The topological polar surface area (TPSA) is 84.5 Å². The highest BCUT2D eigenvalue weighted by atomic mass is 32.2. The van der Waals surface area contributed by atoms with E-state index in [-0.39, 0.29) is 16.5 Å². The molecule has 0 fully saturated rings. The maximum atomic E-state index is 12.8. The van der Waals surface area contributed by atoms with Crippen LogP contribution in [0.1, 0.15) is 40.9 Å². The van der Waals surface area contributed by atoms with E-state index < -0.39 is 15.9 Å². The van der Waals surface area contributed by atoms with Gasteiger partial charge in [-0.15, -0.1) is 0 Å². The van der Waals surface area contributed by atoms with Crippen LogP contribution in [0.5, 0.6) is 5.75 Å². The highest BCUT2D eigenvalue weighted by Gasteiger charge is 2.23. The first-order valence-electron chi connectivity index (χ1n) is 8.31. The monoisotopic (exact) mass is 376 g/mol. The van der Waals surface area contributed by atoms with Crippen molar-refractivity contribution >= 4 is 15.9 Å². The molecular weight excluding hydrogens is 352 g/mol. The van der Waals surface area contributed by atoms with Gasteiger partial charge in [-0.3, -0.25) is 4.79 Å². The van der Waals surface area contributed by atoms with Gasteiger partial charge in [0.05, 0.1) is 17.6 Å². The van der Waals surface area contributed by atoms with Gasteiger partial charge in [-0.1, -0.05) is 36.8 Å². The Morgan fingerprint density at radius 3 is 2.35 bits per heavy atom. The van der Waals surface area contributed by atoms with Crippen molar-refractivity contribution in [3.05, 3.63) is 59.2 Å². The number of sulfonamides is 1. The molecule has 2 aromatic rings. The molecule has 1 amide bonds. The van der Waals surface area contributed by atoms with Crippen LogP contribution in [0, 0.1) is 6.92 Å². The van der Waals surface area contributed by atoms with Crippen molar-refractivity contribution < 1.29 is 17.9 Å². The average molecular weight is 376 g/mol. The fraction of sp³-hybridized carbons (Fsp3) is 0.316. The molecule has 0 bridgehead atoms. The third-order valence-corrected chi connectivity index (χ3v) is 5.61. The van der Waals surface area contributed by atoms with E-state index in [1.807, 2.05) is 38.1 Å². The largest absolute Gasteiger partial charge is 0.496 e. The fourth-order valence-corrected chi connectivity index (χ4v) is 3.94. The predicted molar refractivity (Wildman–Crippen MR) is 101 cm³/mol. The van der Waals surface area contributed by atoms with Gasteiger partial charge >= 0.3 is 0 Å². The first kappa shape index (κ1) is 19.9. The van der Waals surface area contributed by atoms with Crippen LogP contribution in [0.3, 0.4) is 0 Å². The van der Waals surface area contributed by atoms with E-state index in [0.29, 0.717) is 12.2 Å². The third kappa shape index (κ3) is 4.42. The molecular formula is C19H24N2O4S. The molecule has 2 rings (SSSR count). The summed E-state index contributed by atoms with van der Waals surface area (Å²) in [5, 5.41) is 2.48. The second-order valence-electron chi connectivity index (χ2n) is 5.93. The van der Waals surface area contributed by atoms with Crippen molar-refractivity contribution in [2.24, 2.45) is 0 Å². The predicted octanol–water partition coefficient (Wildman–Crippen LogP) is 2.79. The van der Waals surface area contributed by atoms with Gasteiger partial charge in [-0.25, -0.2) is 13.1 Å².